The molecule has 0 bridgehead atoms. The summed E-state index contributed by atoms with van der Waals surface area (Å²) in [6.07, 6.45) is 0.533. The van der Waals surface area contributed by atoms with Crippen molar-refractivity contribution in [1.82, 2.24) is 16.1 Å². The SMILES string of the molecule is CCOc1cc([C@@H]2NC(=O)NC(C)=C2C(=O)OC)ccc1OC[C@H](O)N/N=C\c1ccc(I)cc1. The van der Waals surface area contributed by atoms with E-state index in [2.05, 4.69) is 43.8 Å². The minimum Gasteiger partial charge on any atom is -0.490 e. The fraction of sp³-hybridized carbons (Fsp3) is 0.292. The van der Waals surface area contributed by atoms with E-state index in [-0.39, 0.29) is 12.2 Å². The van der Waals surface area contributed by atoms with Crippen LogP contribution in [0.1, 0.15) is 31.0 Å². The van der Waals surface area contributed by atoms with E-state index in [1.54, 1.807) is 31.3 Å². The fourth-order valence-electron chi connectivity index (χ4n) is 3.37. The fourth-order valence-corrected chi connectivity index (χ4v) is 3.73. The van der Waals surface area contributed by atoms with Gasteiger partial charge < -0.3 is 30.0 Å². The van der Waals surface area contributed by atoms with Crippen LogP contribution in [0.5, 0.6) is 11.5 Å². The van der Waals surface area contributed by atoms with Crippen LogP contribution >= 0.6 is 22.6 Å². The van der Waals surface area contributed by atoms with Crippen LogP contribution < -0.4 is 25.5 Å². The normalized spacial score (nSPS) is 16.4. The third-order valence-electron chi connectivity index (χ3n) is 4.98. The number of esters is 1. The second-order valence-corrected chi connectivity index (χ2v) is 8.71. The number of amides is 2. The summed E-state index contributed by atoms with van der Waals surface area (Å²) in [5.74, 6) is 0.228. The van der Waals surface area contributed by atoms with Crippen LogP contribution in [0.3, 0.4) is 0 Å². The van der Waals surface area contributed by atoms with Gasteiger partial charge in [0.2, 0.25) is 0 Å². The molecule has 0 radical (unpaired) electrons. The van der Waals surface area contributed by atoms with Crippen molar-refractivity contribution in [2.45, 2.75) is 26.1 Å². The predicted octanol–water partition coefficient (Wildman–Crippen LogP) is 2.81. The molecule has 3 rings (SSSR count). The van der Waals surface area contributed by atoms with Gasteiger partial charge in [-0.2, -0.15) is 5.10 Å². The van der Waals surface area contributed by atoms with Crippen molar-refractivity contribution < 1.29 is 28.9 Å². The molecule has 1 aliphatic heterocycles. The molecule has 0 unspecified atom stereocenters. The Morgan fingerprint density at radius 2 is 1.97 bits per heavy atom. The lowest BCUT2D eigenvalue weighted by Crippen LogP contribution is -2.45. The number of carbonyl (C=O) groups excluding carboxylic acids is 2. The monoisotopic (exact) mass is 594 g/mol. The number of hydrogen-bond acceptors (Lipinski definition) is 8. The van der Waals surface area contributed by atoms with Crippen molar-refractivity contribution in [2.24, 2.45) is 5.10 Å². The molecule has 10 nitrogen and oxygen atoms in total. The number of hydrazone groups is 1. The van der Waals surface area contributed by atoms with E-state index in [1.165, 1.54) is 7.11 Å². The Hall–Kier alpha value is -3.32. The van der Waals surface area contributed by atoms with Crippen molar-refractivity contribution in [3.63, 3.8) is 0 Å². The first-order valence-electron chi connectivity index (χ1n) is 10.8. The molecule has 2 aromatic rings. The number of ether oxygens (including phenoxy) is 3. The van der Waals surface area contributed by atoms with Crippen molar-refractivity contribution in [2.75, 3.05) is 20.3 Å². The zero-order valence-electron chi connectivity index (χ0n) is 19.5. The van der Waals surface area contributed by atoms with Gasteiger partial charge in [-0.3, -0.25) is 5.43 Å². The number of carbonyl (C=O) groups is 2. The first-order chi connectivity index (χ1) is 16.8. The molecule has 0 saturated heterocycles. The maximum absolute atomic E-state index is 12.3. The third kappa shape index (κ3) is 7.09. The Kier molecular flexibility index (Phi) is 9.32. The highest BCUT2D eigenvalue weighted by Gasteiger charge is 2.32. The molecule has 11 heteroatoms. The number of hydrogen-bond donors (Lipinski definition) is 4. The minimum absolute atomic E-state index is 0.0973. The first kappa shape index (κ1) is 26.3. The van der Waals surface area contributed by atoms with E-state index >= 15 is 0 Å². The number of nitrogens with zero attached hydrogens (tertiary/aromatic N) is 1. The van der Waals surface area contributed by atoms with Gasteiger partial charge in [0.05, 0.1) is 31.5 Å². The maximum Gasteiger partial charge on any atom is 0.337 e. The van der Waals surface area contributed by atoms with E-state index < -0.39 is 24.3 Å². The lowest BCUT2D eigenvalue weighted by atomic mass is 9.95. The lowest BCUT2D eigenvalue weighted by molar-refractivity contribution is -0.136. The van der Waals surface area contributed by atoms with Crippen molar-refractivity contribution in [3.05, 3.63) is 68.4 Å². The Labute approximate surface area is 216 Å². The standard InChI is InChI=1S/C24H27IN4O6/c1-4-34-19-11-16(22-21(23(31)33-3)14(2)27-24(32)28-22)7-10-18(19)35-13-20(30)29-26-12-15-5-8-17(25)9-6-15/h5-12,20,22,29-30H,4,13H2,1-3H3,(H2,27,28,32)/b26-12-/t20-,22-/m0/s1. The van der Waals surface area contributed by atoms with E-state index in [4.69, 9.17) is 14.2 Å². The summed E-state index contributed by atoms with van der Waals surface area (Å²) in [6, 6.07) is 11.6. The number of urea groups is 1. The zero-order valence-corrected chi connectivity index (χ0v) is 21.7. The number of aliphatic hydroxyl groups excluding tert-OH is 1. The summed E-state index contributed by atoms with van der Waals surface area (Å²) in [7, 11) is 1.28. The molecule has 35 heavy (non-hydrogen) atoms. The highest BCUT2D eigenvalue weighted by Crippen LogP contribution is 2.34. The number of benzene rings is 2. The van der Waals surface area contributed by atoms with Crippen LogP contribution in [-0.4, -0.2) is 49.9 Å². The lowest BCUT2D eigenvalue weighted by Gasteiger charge is -2.28. The summed E-state index contributed by atoms with van der Waals surface area (Å²) in [5.41, 5.74) is 4.80. The van der Waals surface area contributed by atoms with Gasteiger partial charge in [-0.1, -0.05) is 18.2 Å². The largest absolute Gasteiger partial charge is 0.490 e. The van der Waals surface area contributed by atoms with E-state index in [9.17, 15) is 14.7 Å². The number of rotatable bonds is 10. The molecule has 0 aromatic heterocycles. The van der Waals surface area contributed by atoms with Gasteiger partial charge in [0.1, 0.15) is 6.61 Å². The number of methoxy groups -OCH3 is 1. The van der Waals surface area contributed by atoms with Crippen LogP contribution in [0.4, 0.5) is 4.79 Å². The molecule has 4 N–H and O–H groups in total. The van der Waals surface area contributed by atoms with Gasteiger partial charge in [-0.05, 0) is 71.8 Å². The smallest absolute Gasteiger partial charge is 0.337 e. The molecule has 186 valence electrons. The number of aliphatic hydroxyl groups is 1. The Morgan fingerprint density at radius 1 is 1.23 bits per heavy atom. The van der Waals surface area contributed by atoms with Crippen LogP contribution in [-0.2, 0) is 9.53 Å². The van der Waals surface area contributed by atoms with Crippen molar-refractivity contribution in [3.8, 4) is 11.5 Å². The molecule has 0 saturated carbocycles. The van der Waals surface area contributed by atoms with E-state index in [1.807, 2.05) is 31.2 Å². The second-order valence-electron chi connectivity index (χ2n) is 7.47. The Morgan fingerprint density at radius 3 is 2.66 bits per heavy atom. The Bertz CT molecular complexity index is 1120. The van der Waals surface area contributed by atoms with Crippen LogP contribution in [0.15, 0.2) is 58.8 Å². The minimum atomic E-state index is -1.07. The van der Waals surface area contributed by atoms with Gasteiger partial charge in [0, 0.05) is 9.27 Å². The predicted molar refractivity (Wildman–Crippen MR) is 138 cm³/mol. The molecular weight excluding hydrogens is 567 g/mol. The summed E-state index contributed by atoms with van der Waals surface area (Å²) in [6.45, 7) is 3.72. The van der Waals surface area contributed by atoms with Crippen LogP contribution in [0.25, 0.3) is 0 Å². The highest BCUT2D eigenvalue weighted by atomic mass is 127. The summed E-state index contributed by atoms with van der Waals surface area (Å²) >= 11 is 2.22. The molecule has 2 aromatic carbocycles. The summed E-state index contributed by atoms with van der Waals surface area (Å²) in [4.78, 5) is 24.4. The Balaban J connectivity index is 1.71. The highest BCUT2D eigenvalue weighted by molar-refractivity contribution is 14.1. The summed E-state index contributed by atoms with van der Waals surface area (Å²) in [5, 5.41) is 19.5. The summed E-state index contributed by atoms with van der Waals surface area (Å²) < 4.78 is 17.4. The zero-order chi connectivity index (χ0) is 25.4. The molecule has 1 heterocycles. The number of halogens is 1. The molecule has 0 aliphatic carbocycles. The van der Waals surface area contributed by atoms with Gasteiger partial charge >= 0.3 is 12.0 Å². The topological polar surface area (TPSA) is 131 Å². The second kappa shape index (κ2) is 12.4. The average molecular weight is 594 g/mol. The molecule has 1 aliphatic rings. The number of allylic oxidation sites excluding steroid dienone is 1. The van der Waals surface area contributed by atoms with E-state index in [0.717, 1.165) is 9.13 Å². The number of nitrogens with one attached hydrogen (secondary N) is 3. The first-order valence-corrected chi connectivity index (χ1v) is 11.9. The molecule has 0 fully saturated rings. The quantitative estimate of drug-likeness (QED) is 0.109. The molecule has 0 spiro atoms. The van der Waals surface area contributed by atoms with Gasteiger partial charge in [0.15, 0.2) is 17.7 Å². The van der Waals surface area contributed by atoms with Crippen molar-refractivity contribution in [1.29, 1.82) is 0 Å². The van der Waals surface area contributed by atoms with Crippen LogP contribution in [0, 0.1) is 3.57 Å². The average Bonchev–Trinajstić information content (AvgIpc) is 2.83. The molecule has 2 atom stereocenters. The van der Waals surface area contributed by atoms with Gasteiger partial charge in [-0.25, -0.2) is 9.59 Å². The molecule has 2 amide bonds. The van der Waals surface area contributed by atoms with E-state index in [0.29, 0.717) is 29.4 Å². The maximum atomic E-state index is 12.3. The van der Waals surface area contributed by atoms with Crippen LogP contribution in [0.2, 0.25) is 0 Å². The third-order valence-corrected chi connectivity index (χ3v) is 5.70. The van der Waals surface area contributed by atoms with Gasteiger partial charge in [0.25, 0.3) is 0 Å². The van der Waals surface area contributed by atoms with Crippen molar-refractivity contribution >= 4 is 40.8 Å². The molecular formula is C24H27IN4O6. The van der Waals surface area contributed by atoms with Gasteiger partial charge in [-0.15, -0.1) is 0 Å².